The van der Waals surface area contributed by atoms with Gasteiger partial charge in [-0.3, -0.25) is 4.55 Å². The zero-order chi connectivity index (χ0) is 11.0. The predicted octanol–water partition coefficient (Wildman–Crippen LogP) is -1.04. The van der Waals surface area contributed by atoms with E-state index in [2.05, 4.69) is 0 Å². The van der Waals surface area contributed by atoms with Crippen LogP contribution in [0.15, 0.2) is 29.2 Å². The summed E-state index contributed by atoms with van der Waals surface area (Å²) in [4.78, 5) is -0.564. The molecule has 0 amide bonds. The molecule has 15 heavy (non-hydrogen) atoms. The largest absolute Gasteiger partial charge is 1.00 e. The van der Waals surface area contributed by atoms with Crippen molar-refractivity contribution < 1.29 is 38.5 Å². The fraction of sp³-hybridized carbons (Fsp3) is 0.143. The van der Waals surface area contributed by atoms with Crippen molar-refractivity contribution in [3.63, 3.8) is 0 Å². The molecule has 1 aromatic rings. The molecule has 0 saturated carbocycles. The van der Waals surface area contributed by atoms with Gasteiger partial charge in [-0.15, -0.1) is 0 Å². The molecule has 0 aliphatic rings. The highest BCUT2D eigenvalue weighted by Crippen LogP contribution is 2.29. The minimum atomic E-state index is -4.52. The summed E-state index contributed by atoms with van der Waals surface area (Å²) in [5.74, 6) is 0. The Kier molecular flexibility index (Phi) is 4.15. The molecule has 0 bridgehead atoms. The molecule has 0 aromatic heterocycles. The summed E-state index contributed by atoms with van der Waals surface area (Å²) >= 11 is 0. The van der Waals surface area contributed by atoms with Crippen molar-refractivity contribution in [2.75, 3.05) is 0 Å². The molecule has 0 spiro atoms. The number of hydrogen-bond acceptors (Lipinski definition) is 2. The first-order valence-electron chi connectivity index (χ1n) is 3.36. The first-order valence-corrected chi connectivity index (χ1v) is 4.80. The van der Waals surface area contributed by atoms with Gasteiger partial charge in [-0.05, 0) is 24.3 Å². The number of alkyl halides is 3. The quantitative estimate of drug-likeness (QED) is 0.657. The highest BCUT2D eigenvalue weighted by Gasteiger charge is 2.30. The Labute approximate surface area is 90.1 Å². The van der Waals surface area contributed by atoms with Gasteiger partial charge in [0.1, 0.15) is 0 Å². The molecule has 1 rings (SSSR count). The predicted molar refractivity (Wildman–Crippen MR) is 41.3 cm³/mol. The van der Waals surface area contributed by atoms with Gasteiger partial charge in [-0.25, -0.2) is 0 Å². The molecule has 0 heterocycles. The summed E-state index contributed by atoms with van der Waals surface area (Å²) in [5, 5.41) is 0. The molecule has 0 unspecified atom stereocenters. The average Bonchev–Trinajstić information content (AvgIpc) is 2.01. The van der Waals surface area contributed by atoms with Crippen molar-refractivity contribution in [2.45, 2.75) is 11.1 Å². The second-order valence-electron chi connectivity index (χ2n) is 2.50. The SMILES string of the molecule is O=S(=O)(O)c1ccc(C(F)(F)F)cc1.[Cl-]. The molecule has 8 heteroatoms. The van der Waals surface area contributed by atoms with Crippen LogP contribution in [0.25, 0.3) is 0 Å². The Morgan fingerprint density at radius 3 is 1.73 bits per heavy atom. The normalized spacial score (nSPS) is 12.0. The van der Waals surface area contributed by atoms with Gasteiger partial charge in [0.2, 0.25) is 0 Å². The van der Waals surface area contributed by atoms with Crippen molar-refractivity contribution in [1.29, 1.82) is 0 Å². The molecule has 0 radical (unpaired) electrons. The van der Waals surface area contributed by atoms with E-state index in [9.17, 15) is 21.6 Å². The van der Waals surface area contributed by atoms with Gasteiger partial charge in [-0.2, -0.15) is 21.6 Å². The molecule has 86 valence electrons. The second kappa shape index (κ2) is 4.38. The van der Waals surface area contributed by atoms with Crippen LogP contribution < -0.4 is 12.4 Å². The topological polar surface area (TPSA) is 54.4 Å². The summed E-state index contributed by atoms with van der Waals surface area (Å²) in [7, 11) is -4.43. The van der Waals surface area contributed by atoms with Crippen LogP contribution in [-0.4, -0.2) is 13.0 Å². The van der Waals surface area contributed by atoms with E-state index in [1.807, 2.05) is 0 Å². The van der Waals surface area contributed by atoms with Gasteiger partial charge >= 0.3 is 6.18 Å². The molecule has 3 nitrogen and oxygen atoms in total. The Hall–Kier alpha value is -0.790. The highest BCUT2D eigenvalue weighted by atomic mass is 35.5. The monoisotopic (exact) mass is 261 g/mol. The molecule has 1 aromatic carbocycles. The van der Waals surface area contributed by atoms with E-state index in [1.165, 1.54) is 0 Å². The van der Waals surface area contributed by atoms with Crippen LogP contribution in [0.4, 0.5) is 13.2 Å². The third-order valence-electron chi connectivity index (χ3n) is 1.48. The molecule has 0 saturated heterocycles. The van der Waals surface area contributed by atoms with Crippen LogP contribution >= 0.6 is 0 Å². The van der Waals surface area contributed by atoms with Crippen LogP contribution in [0, 0.1) is 0 Å². The van der Waals surface area contributed by atoms with E-state index in [0.717, 1.165) is 0 Å². The lowest BCUT2D eigenvalue weighted by atomic mass is 10.2. The summed E-state index contributed by atoms with van der Waals surface area (Å²) in [6.45, 7) is 0. The second-order valence-corrected chi connectivity index (χ2v) is 3.92. The van der Waals surface area contributed by atoms with Gasteiger partial charge in [0.15, 0.2) is 0 Å². The number of rotatable bonds is 1. The van der Waals surface area contributed by atoms with E-state index in [-0.39, 0.29) is 12.4 Å². The molecular formula is C7H5ClF3O3S-. The molecule has 0 aliphatic carbocycles. The fourth-order valence-electron chi connectivity index (χ4n) is 0.816. The fourth-order valence-corrected chi connectivity index (χ4v) is 1.30. The molecular weight excluding hydrogens is 257 g/mol. The summed E-state index contributed by atoms with van der Waals surface area (Å²) in [5.41, 5.74) is -0.968. The molecule has 1 N–H and O–H groups in total. The summed E-state index contributed by atoms with van der Waals surface area (Å²) in [6, 6.07) is 2.56. The van der Waals surface area contributed by atoms with E-state index in [0.29, 0.717) is 24.3 Å². The van der Waals surface area contributed by atoms with Gasteiger partial charge in [0, 0.05) is 0 Å². The minimum Gasteiger partial charge on any atom is -1.00 e. The lowest BCUT2D eigenvalue weighted by Crippen LogP contribution is -3.00. The molecule has 0 aliphatic heterocycles. The number of hydrogen-bond donors (Lipinski definition) is 1. The number of halogens is 4. The van der Waals surface area contributed by atoms with Crippen LogP contribution in [0.2, 0.25) is 0 Å². The van der Waals surface area contributed by atoms with E-state index >= 15 is 0 Å². The smallest absolute Gasteiger partial charge is 0.416 e. The van der Waals surface area contributed by atoms with Crippen LogP contribution in [0.3, 0.4) is 0 Å². The summed E-state index contributed by atoms with van der Waals surface area (Å²) in [6.07, 6.45) is -4.52. The van der Waals surface area contributed by atoms with E-state index in [4.69, 9.17) is 4.55 Å². The van der Waals surface area contributed by atoms with Crippen molar-refractivity contribution >= 4 is 10.1 Å². The Morgan fingerprint density at radius 1 is 1.07 bits per heavy atom. The maximum absolute atomic E-state index is 12.0. The van der Waals surface area contributed by atoms with Gasteiger partial charge in [0.05, 0.1) is 10.5 Å². The maximum Gasteiger partial charge on any atom is 0.416 e. The zero-order valence-corrected chi connectivity index (χ0v) is 8.57. The van der Waals surface area contributed by atoms with Crippen molar-refractivity contribution in [2.24, 2.45) is 0 Å². The maximum atomic E-state index is 12.0. The van der Waals surface area contributed by atoms with Crippen molar-refractivity contribution in [1.82, 2.24) is 0 Å². The Balaban J connectivity index is 0.00000196. The summed E-state index contributed by atoms with van der Waals surface area (Å²) < 4.78 is 65.4. The van der Waals surface area contributed by atoms with Crippen LogP contribution in [0.1, 0.15) is 5.56 Å². The Morgan fingerprint density at radius 2 is 1.47 bits per heavy atom. The molecule has 0 atom stereocenters. The molecule has 0 fully saturated rings. The van der Waals surface area contributed by atoms with E-state index in [1.54, 1.807) is 0 Å². The lowest BCUT2D eigenvalue weighted by Gasteiger charge is -2.05. The lowest BCUT2D eigenvalue weighted by molar-refractivity contribution is -0.137. The van der Waals surface area contributed by atoms with Crippen molar-refractivity contribution in [3.8, 4) is 0 Å². The Bertz CT molecular complexity index is 424. The number of benzene rings is 1. The first kappa shape index (κ1) is 14.2. The average molecular weight is 262 g/mol. The van der Waals surface area contributed by atoms with Crippen LogP contribution in [-0.2, 0) is 16.3 Å². The third kappa shape index (κ3) is 3.69. The van der Waals surface area contributed by atoms with Crippen molar-refractivity contribution in [3.05, 3.63) is 29.8 Å². The highest BCUT2D eigenvalue weighted by molar-refractivity contribution is 7.85. The van der Waals surface area contributed by atoms with Gasteiger partial charge in [-0.1, -0.05) is 0 Å². The van der Waals surface area contributed by atoms with Gasteiger partial charge in [0.25, 0.3) is 10.1 Å². The van der Waals surface area contributed by atoms with Gasteiger partial charge < -0.3 is 12.4 Å². The zero-order valence-electron chi connectivity index (χ0n) is 6.99. The standard InChI is InChI=1S/C7H5F3O3S.ClH/c8-7(9,10)5-1-3-6(4-2-5)14(11,12)13;/h1-4H,(H,11,12,13);1H/p-1. The van der Waals surface area contributed by atoms with Crippen LogP contribution in [0.5, 0.6) is 0 Å². The third-order valence-corrected chi connectivity index (χ3v) is 2.35. The van der Waals surface area contributed by atoms with E-state index < -0.39 is 26.8 Å². The first-order chi connectivity index (χ1) is 6.21. The minimum absolute atomic E-state index is 0.